The maximum atomic E-state index is 11.8. The molecule has 1 aliphatic carbocycles. The first kappa shape index (κ1) is 21.8. The third-order valence-electron chi connectivity index (χ3n) is 5.18. The Labute approximate surface area is 164 Å². The summed E-state index contributed by atoms with van der Waals surface area (Å²) in [5, 5.41) is 6.83. The molecule has 0 atom stereocenters. The predicted molar refractivity (Wildman–Crippen MR) is 108 cm³/mol. The Balaban J connectivity index is 1.65. The number of guanidine groups is 1. The van der Waals surface area contributed by atoms with Gasteiger partial charge in [-0.1, -0.05) is 19.3 Å². The third-order valence-corrected chi connectivity index (χ3v) is 5.18. The van der Waals surface area contributed by atoms with E-state index in [4.69, 9.17) is 9.47 Å². The van der Waals surface area contributed by atoms with Crippen molar-refractivity contribution in [2.75, 3.05) is 39.4 Å². The Morgan fingerprint density at radius 3 is 2.52 bits per heavy atom. The Morgan fingerprint density at radius 2 is 1.85 bits per heavy atom. The highest BCUT2D eigenvalue weighted by Gasteiger charge is 2.24. The van der Waals surface area contributed by atoms with Crippen LogP contribution in [0.4, 0.5) is 4.79 Å². The number of nitrogens with one attached hydrogen (secondary N) is 2. The molecule has 2 N–H and O–H groups in total. The first-order valence-corrected chi connectivity index (χ1v) is 10.8. The third kappa shape index (κ3) is 8.37. The SMILES string of the molecule is CCNC(=NCCCOC1CCCCC1)NC1CCN(C(=O)OCC)CC1. The van der Waals surface area contributed by atoms with E-state index in [-0.39, 0.29) is 6.09 Å². The molecular formula is C20H38N4O3. The van der Waals surface area contributed by atoms with Gasteiger partial charge in [-0.15, -0.1) is 0 Å². The summed E-state index contributed by atoms with van der Waals surface area (Å²) in [4.78, 5) is 18.3. The van der Waals surface area contributed by atoms with Crippen LogP contribution in [0.15, 0.2) is 4.99 Å². The van der Waals surface area contributed by atoms with E-state index in [1.54, 1.807) is 4.90 Å². The zero-order chi connectivity index (χ0) is 19.3. The smallest absolute Gasteiger partial charge is 0.409 e. The highest BCUT2D eigenvalue weighted by atomic mass is 16.6. The molecular weight excluding hydrogens is 344 g/mol. The van der Waals surface area contributed by atoms with Crippen molar-refractivity contribution in [1.29, 1.82) is 0 Å². The molecule has 0 aromatic carbocycles. The normalized spacial score (nSPS) is 19.8. The van der Waals surface area contributed by atoms with E-state index in [0.29, 0.717) is 18.8 Å². The van der Waals surface area contributed by atoms with E-state index in [2.05, 4.69) is 22.5 Å². The van der Waals surface area contributed by atoms with Crippen molar-refractivity contribution in [3.8, 4) is 0 Å². The Hall–Kier alpha value is -1.50. The van der Waals surface area contributed by atoms with Gasteiger partial charge in [0.1, 0.15) is 0 Å². The van der Waals surface area contributed by atoms with Crippen molar-refractivity contribution in [3.05, 3.63) is 0 Å². The van der Waals surface area contributed by atoms with E-state index in [0.717, 1.165) is 58.0 Å². The Kier molecular flexibility index (Phi) is 10.3. The second-order valence-corrected chi connectivity index (χ2v) is 7.35. The summed E-state index contributed by atoms with van der Waals surface area (Å²) < 4.78 is 11.0. The largest absolute Gasteiger partial charge is 0.450 e. The van der Waals surface area contributed by atoms with Crippen LogP contribution in [0.5, 0.6) is 0 Å². The molecule has 1 saturated carbocycles. The number of piperidine rings is 1. The zero-order valence-corrected chi connectivity index (χ0v) is 17.2. The van der Waals surface area contributed by atoms with Gasteiger partial charge in [0.05, 0.1) is 12.7 Å². The number of aliphatic imine (C=N–C) groups is 1. The molecule has 0 spiro atoms. The van der Waals surface area contributed by atoms with Gasteiger partial charge < -0.3 is 25.0 Å². The fourth-order valence-corrected chi connectivity index (χ4v) is 3.67. The van der Waals surface area contributed by atoms with Crippen LogP contribution in [0.25, 0.3) is 0 Å². The number of hydrogen-bond donors (Lipinski definition) is 2. The van der Waals surface area contributed by atoms with Crippen LogP contribution in [0.2, 0.25) is 0 Å². The van der Waals surface area contributed by atoms with Crippen LogP contribution in [0, 0.1) is 0 Å². The maximum Gasteiger partial charge on any atom is 0.409 e. The number of hydrogen-bond acceptors (Lipinski definition) is 4. The summed E-state index contributed by atoms with van der Waals surface area (Å²) in [6.45, 7) is 8.20. The topological polar surface area (TPSA) is 75.2 Å². The van der Waals surface area contributed by atoms with Crippen LogP contribution in [-0.4, -0.2) is 68.5 Å². The summed E-state index contributed by atoms with van der Waals surface area (Å²) in [6, 6.07) is 0.340. The van der Waals surface area contributed by atoms with Crippen LogP contribution in [-0.2, 0) is 9.47 Å². The van der Waals surface area contributed by atoms with Gasteiger partial charge in [-0.05, 0) is 46.0 Å². The van der Waals surface area contributed by atoms with Crippen molar-refractivity contribution in [3.63, 3.8) is 0 Å². The number of nitrogens with zero attached hydrogens (tertiary/aromatic N) is 2. The van der Waals surface area contributed by atoms with Crippen molar-refractivity contribution < 1.29 is 14.3 Å². The van der Waals surface area contributed by atoms with Gasteiger partial charge in [-0.25, -0.2) is 4.79 Å². The first-order valence-electron chi connectivity index (χ1n) is 10.8. The molecule has 1 amide bonds. The number of ether oxygens (including phenoxy) is 2. The molecule has 1 saturated heterocycles. The molecule has 0 aromatic heterocycles. The number of rotatable bonds is 8. The molecule has 156 valence electrons. The minimum absolute atomic E-state index is 0.200. The summed E-state index contributed by atoms with van der Waals surface area (Å²) in [5.41, 5.74) is 0. The van der Waals surface area contributed by atoms with Gasteiger partial charge in [0.15, 0.2) is 5.96 Å². The fraction of sp³-hybridized carbons (Fsp3) is 0.900. The number of carbonyl (C=O) groups is 1. The van der Waals surface area contributed by atoms with E-state index in [9.17, 15) is 4.79 Å². The quantitative estimate of drug-likeness (QED) is 0.384. The maximum absolute atomic E-state index is 11.8. The van der Waals surface area contributed by atoms with Crippen LogP contribution >= 0.6 is 0 Å². The molecule has 0 bridgehead atoms. The lowest BCUT2D eigenvalue weighted by Crippen LogP contribution is -2.49. The summed E-state index contributed by atoms with van der Waals surface area (Å²) in [6.07, 6.45) is 9.47. The van der Waals surface area contributed by atoms with E-state index in [1.165, 1.54) is 32.1 Å². The van der Waals surface area contributed by atoms with Gasteiger partial charge in [-0.2, -0.15) is 0 Å². The predicted octanol–water partition coefficient (Wildman–Crippen LogP) is 2.90. The van der Waals surface area contributed by atoms with Crippen molar-refractivity contribution >= 4 is 12.1 Å². The zero-order valence-electron chi connectivity index (χ0n) is 17.2. The molecule has 2 fully saturated rings. The number of carbonyl (C=O) groups excluding carboxylic acids is 1. The van der Waals surface area contributed by atoms with Gasteiger partial charge in [0, 0.05) is 38.8 Å². The lowest BCUT2D eigenvalue weighted by Gasteiger charge is -2.32. The van der Waals surface area contributed by atoms with Crippen LogP contribution in [0.3, 0.4) is 0 Å². The highest BCUT2D eigenvalue weighted by Crippen LogP contribution is 2.20. The van der Waals surface area contributed by atoms with Crippen molar-refractivity contribution in [1.82, 2.24) is 15.5 Å². The van der Waals surface area contributed by atoms with Gasteiger partial charge in [-0.3, -0.25) is 4.99 Å². The van der Waals surface area contributed by atoms with Crippen LogP contribution < -0.4 is 10.6 Å². The second kappa shape index (κ2) is 12.8. The molecule has 0 radical (unpaired) electrons. The van der Waals surface area contributed by atoms with Gasteiger partial charge in [0.2, 0.25) is 0 Å². The first-order chi connectivity index (χ1) is 13.2. The molecule has 2 aliphatic rings. The monoisotopic (exact) mass is 382 g/mol. The minimum atomic E-state index is -0.200. The second-order valence-electron chi connectivity index (χ2n) is 7.35. The summed E-state index contributed by atoms with van der Waals surface area (Å²) >= 11 is 0. The summed E-state index contributed by atoms with van der Waals surface area (Å²) in [7, 11) is 0. The molecule has 2 rings (SSSR count). The molecule has 0 unspecified atom stereocenters. The Bertz CT molecular complexity index is 445. The average Bonchev–Trinajstić information content (AvgIpc) is 2.69. The lowest BCUT2D eigenvalue weighted by molar-refractivity contribution is 0.0281. The standard InChI is InChI=1S/C20H38N4O3/c1-3-21-19(22-13-8-16-27-18-9-6-5-7-10-18)23-17-11-14-24(15-12-17)20(25)26-4-2/h17-18H,3-16H2,1-2H3,(H2,21,22,23). The molecule has 7 heteroatoms. The van der Waals surface area contributed by atoms with Gasteiger partial charge in [0.25, 0.3) is 0 Å². The van der Waals surface area contributed by atoms with Gasteiger partial charge >= 0.3 is 6.09 Å². The molecule has 1 aliphatic heterocycles. The van der Waals surface area contributed by atoms with Crippen LogP contribution in [0.1, 0.15) is 65.2 Å². The van der Waals surface area contributed by atoms with E-state index < -0.39 is 0 Å². The number of amides is 1. The number of likely N-dealkylation sites (tertiary alicyclic amines) is 1. The van der Waals surface area contributed by atoms with E-state index in [1.807, 2.05) is 6.92 Å². The molecule has 0 aromatic rings. The molecule has 7 nitrogen and oxygen atoms in total. The Morgan fingerprint density at radius 1 is 1.11 bits per heavy atom. The minimum Gasteiger partial charge on any atom is -0.450 e. The van der Waals surface area contributed by atoms with Crippen molar-refractivity contribution in [2.45, 2.75) is 77.4 Å². The fourth-order valence-electron chi connectivity index (χ4n) is 3.67. The molecule has 27 heavy (non-hydrogen) atoms. The van der Waals surface area contributed by atoms with Crippen molar-refractivity contribution in [2.24, 2.45) is 4.99 Å². The summed E-state index contributed by atoms with van der Waals surface area (Å²) in [5.74, 6) is 0.866. The highest BCUT2D eigenvalue weighted by molar-refractivity contribution is 5.80. The molecule has 1 heterocycles. The average molecular weight is 383 g/mol. The van der Waals surface area contributed by atoms with E-state index >= 15 is 0 Å². The lowest BCUT2D eigenvalue weighted by atomic mass is 9.98.